The van der Waals surface area contributed by atoms with E-state index in [0.717, 1.165) is 11.6 Å². The van der Waals surface area contributed by atoms with Crippen molar-refractivity contribution in [2.24, 2.45) is 0 Å². The molecule has 1 atom stereocenters. The molecule has 122 valence electrons. The van der Waals surface area contributed by atoms with E-state index in [2.05, 4.69) is 0 Å². The number of carbonyl (C=O) groups is 1. The monoisotopic (exact) mass is 322 g/mol. The first-order valence-corrected chi connectivity index (χ1v) is 7.29. The number of ether oxygens (including phenoxy) is 1. The zero-order valence-corrected chi connectivity index (χ0v) is 12.9. The van der Waals surface area contributed by atoms with Crippen molar-refractivity contribution in [3.8, 4) is 0 Å². The Hall–Kier alpha value is -2.30. The Morgan fingerprint density at radius 3 is 2.30 bits per heavy atom. The molecule has 0 bridgehead atoms. The molecule has 5 heteroatoms. The van der Waals surface area contributed by atoms with Crippen molar-refractivity contribution >= 4 is 5.97 Å². The smallest absolute Gasteiger partial charge is 0.416 e. The molecular formula is C18H17F3O2. The predicted molar refractivity (Wildman–Crippen MR) is 81.1 cm³/mol. The Morgan fingerprint density at radius 2 is 1.74 bits per heavy atom. The lowest BCUT2D eigenvalue weighted by atomic mass is 9.98. The number of benzene rings is 2. The molecule has 0 N–H and O–H groups in total. The number of hydrogen-bond acceptors (Lipinski definition) is 2. The summed E-state index contributed by atoms with van der Waals surface area (Å²) >= 11 is 0. The van der Waals surface area contributed by atoms with E-state index in [-0.39, 0.29) is 17.5 Å². The van der Waals surface area contributed by atoms with Crippen LogP contribution < -0.4 is 0 Å². The highest BCUT2D eigenvalue weighted by Crippen LogP contribution is 2.34. The quantitative estimate of drug-likeness (QED) is 0.725. The van der Waals surface area contributed by atoms with Crippen molar-refractivity contribution in [2.45, 2.75) is 32.5 Å². The molecule has 23 heavy (non-hydrogen) atoms. The predicted octanol–water partition coefficient (Wildman–Crippen LogP) is 5.19. The molecular weight excluding hydrogens is 305 g/mol. The molecule has 2 nitrogen and oxygen atoms in total. The highest BCUT2D eigenvalue weighted by atomic mass is 19.4. The molecule has 0 saturated carbocycles. The molecule has 0 radical (unpaired) electrons. The Labute approximate surface area is 132 Å². The Kier molecular flexibility index (Phi) is 5.08. The van der Waals surface area contributed by atoms with Gasteiger partial charge in [-0.3, -0.25) is 0 Å². The fourth-order valence-corrected chi connectivity index (χ4v) is 2.44. The summed E-state index contributed by atoms with van der Waals surface area (Å²) in [4.78, 5) is 12.3. The molecule has 2 aromatic carbocycles. The molecule has 0 aromatic heterocycles. The van der Waals surface area contributed by atoms with E-state index in [1.54, 1.807) is 38.1 Å². The summed E-state index contributed by atoms with van der Waals surface area (Å²) in [7, 11) is 0. The van der Waals surface area contributed by atoms with Crippen LogP contribution in [-0.2, 0) is 17.3 Å². The van der Waals surface area contributed by atoms with Gasteiger partial charge < -0.3 is 4.74 Å². The second kappa shape index (κ2) is 6.86. The summed E-state index contributed by atoms with van der Waals surface area (Å²) in [6.45, 7) is 3.27. The molecule has 0 aliphatic carbocycles. The second-order valence-corrected chi connectivity index (χ2v) is 5.14. The highest BCUT2D eigenvalue weighted by molar-refractivity contribution is 5.91. The fourth-order valence-electron chi connectivity index (χ4n) is 2.44. The zero-order chi connectivity index (χ0) is 17.0. The fraction of sp³-hybridized carbons (Fsp3) is 0.278. The van der Waals surface area contributed by atoms with Crippen LogP contribution in [-0.4, -0.2) is 5.97 Å². The van der Waals surface area contributed by atoms with Crippen LogP contribution in [0.5, 0.6) is 0 Å². The number of alkyl halides is 3. The van der Waals surface area contributed by atoms with E-state index in [1.165, 1.54) is 12.1 Å². The van der Waals surface area contributed by atoms with Crippen molar-refractivity contribution in [3.05, 3.63) is 70.8 Å². The lowest BCUT2D eigenvalue weighted by molar-refractivity contribution is -0.138. The minimum atomic E-state index is -4.49. The third kappa shape index (κ3) is 3.92. The minimum absolute atomic E-state index is 0.0368. The van der Waals surface area contributed by atoms with Crippen LogP contribution in [0.3, 0.4) is 0 Å². The lowest BCUT2D eigenvalue weighted by Gasteiger charge is -2.18. The SMILES string of the molecule is CCc1c(C(=O)OC(C)c2ccccc2)cccc1C(F)(F)F. The topological polar surface area (TPSA) is 26.3 Å². The van der Waals surface area contributed by atoms with Crippen LogP contribution in [0.25, 0.3) is 0 Å². The van der Waals surface area contributed by atoms with Gasteiger partial charge in [0.2, 0.25) is 0 Å². The molecule has 0 amide bonds. The maximum Gasteiger partial charge on any atom is 0.416 e. The second-order valence-electron chi connectivity index (χ2n) is 5.14. The van der Waals surface area contributed by atoms with Gasteiger partial charge in [0.15, 0.2) is 0 Å². The van der Waals surface area contributed by atoms with Crippen molar-refractivity contribution in [1.82, 2.24) is 0 Å². The minimum Gasteiger partial charge on any atom is -0.454 e. The number of halogens is 3. The van der Waals surface area contributed by atoms with Crippen molar-refractivity contribution in [1.29, 1.82) is 0 Å². The maximum atomic E-state index is 13.1. The number of carbonyl (C=O) groups excluding carboxylic acids is 1. The van der Waals surface area contributed by atoms with Gasteiger partial charge in [0.05, 0.1) is 11.1 Å². The molecule has 0 heterocycles. The van der Waals surface area contributed by atoms with Crippen molar-refractivity contribution in [2.75, 3.05) is 0 Å². The number of esters is 1. The zero-order valence-electron chi connectivity index (χ0n) is 12.9. The lowest BCUT2D eigenvalue weighted by Crippen LogP contribution is -2.16. The van der Waals surface area contributed by atoms with Gasteiger partial charge >= 0.3 is 12.1 Å². The van der Waals surface area contributed by atoms with Crippen LogP contribution in [0.1, 0.15) is 47.0 Å². The average molecular weight is 322 g/mol. The molecule has 0 spiro atoms. The van der Waals surface area contributed by atoms with Crippen molar-refractivity contribution < 1.29 is 22.7 Å². The summed E-state index contributed by atoms with van der Waals surface area (Å²) in [5.41, 5.74) is -0.0805. The number of rotatable bonds is 4. The van der Waals surface area contributed by atoms with Gasteiger partial charge in [-0.05, 0) is 36.6 Å². The van der Waals surface area contributed by atoms with E-state index in [1.807, 2.05) is 6.07 Å². The van der Waals surface area contributed by atoms with Gasteiger partial charge in [0, 0.05) is 0 Å². The van der Waals surface area contributed by atoms with Gasteiger partial charge in [-0.1, -0.05) is 43.3 Å². The van der Waals surface area contributed by atoms with Gasteiger partial charge in [-0.2, -0.15) is 13.2 Å². The van der Waals surface area contributed by atoms with Crippen LogP contribution in [0.15, 0.2) is 48.5 Å². The average Bonchev–Trinajstić information content (AvgIpc) is 2.53. The van der Waals surface area contributed by atoms with Crippen molar-refractivity contribution in [3.63, 3.8) is 0 Å². The highest BCUT2D eigenvalue weighted by Gasteiger charge is 2.34. The van der Waals surface area contributed by atoms with E-state index >= 15 is 0 Å². The maximum absolute atomic E-state index is 13.1. The van der Waals surface area contributed by atoms with Crippen LogP contribution >= 0.6 is 0 Å². The molecule has 2 rings (SSSR count). The Bertz CT molecular complexity index is 678. The third-order valence-electron chi connectivity index (χ3n) is 3.61. The van der Waals surface area contributed by atoms with E-state index in [9.17, 15) is 18.0 Å². The summed E-state index contributed by atoms with van der Waals surface area (Å²) < 4.78 is 44.5. The summed E-state index contributed by atoms with van der Waals surface area (Å²) in [5.74, 6) is -0.746. The normalized spacial score (nSPS) is 12.7. The first-order chi connectivity index (χ1) is 10.8. The van der Waals surface area contributed by atoms with E-state index < -0.39 is 23.8 Å². The van der Waals surface area contributed by atoms with Gasteiger partial charge in [-0.25, -0.2) is 4.79 Å². The van der Waals surface area contributed by atoms with Crippen LogP contribution in [0, 0.1) is 0 Å². The Balaban J connectivity index is 2.29. The molecule has 1 unspecified atom stereocenters. The van der Waals surface area contributed by atoms with Crippen LogP contribution in [0.4, 0.5) is 13.2 Å². The van der Waals surface area contributed by atoms with E-state index in [0.29, 0.717) is 0 Å². The van der Waals surface area contributed by atoms with Gasteiger partial charge in [-0.15, -0.1) is 0 Å². The molecule has 2 aromatic rings. The standard InChI is InChI=1S/C18H17F3O2/c1-3-14-15(10-7-11-16(14)18(19,20)21)17(22)23-12(2)13-8-5-4-6-9-13/h4-12H,3H2,1-2H3. The first kappa shape index (κ1) is 17.1. The molecule has 0 aliphatic rings. The van der Waals surface area contributed by atoms with Gasteiger partial charge in [0.1, 0.15) is 6.10 Å². The molecule has 0 fully saturated rings. The van der Waals surface area contributed by atoms with E-state index in [4.69, 9.17) is 4.74 Å². The first-order valence-electron chi connectivity index (χ1n) is 7.29. The summed E-state index contributed by atoms with van der Waals surface area (Å²) in [6.07, 6.45) is -4.94. The third-order valence-corrected chi connectivity index (χ3v) is 3.61. The molecule has 0 aliphatic heterocycles. The Morgan fingerprint density at radius 1 is 1.09 bits per heavy atom. The summed E-state index contributed by atoms with van der Waals surface area (Å²) in [6, 6.07) is 12.6. The summed E-state index contributed by atoms with van der Waals surface area (Å²) in [5, 5.41) is 0. The van der Waals surface area contributed by atoms with Gasteiger partial charge in [0.25, 0.3) is 0 Å². The number of hydrogen-bond donors (Lipinski definition) is 0. The van der Waals surface area contributed by atoms with Crippen LogP contribution in [0.2, 0.25) is 0 Å². The largest absolute Gasteiger partial charge is 0.454 e. The molecule has 0 saturated heterocycles.